The van der Waals surface area contributed by atoms with Gasteiger partial charge in [0.05, 0.1) is 7.11 Å². The SMILES string of the molecule is COc1cccc(COc2ccc(C(C)C)cc2)c1F. The van der Waals surface area contributed by atoms with Crippen molar-refractivity contribution in [1.82, 2.24) is 0 Å². The van der Waals surface area contributed by atoms with E-state index in [1.165, 1.54) is 12.7 Å². The lowest BCUT2D eigenvalue weighted by atomic mass is 10.0. The van der Waals surface area contributed by atoms with Crippen molar-refractivity contribution in [2.24, 2.45) is 0 Å². The zero-order valence-corrected chi connectivity index (χ0v) is 12.0. The maximum atomic E-state index is 13.9. The van der Waals surface area contributed by atoms with Crippen LogP contribution in [0.2, 0.25) is 0 Å². The van der Waals surface area contributed by atoms with Crippen LogP contribution in [0.15, 0.2) is 42.5 Å². The van der Waals surface area contributed by atoms with E-state index < -0.39 is 0 Å². The molecule has 106 valence electrons. The lowest BCUT2D eigenvalue weighted by Gasteiger charge is -2.10. The van der Waals surface area contributed by atoms with Crippen LogP contribution in [0.5, 0.6) is 11.5 Å². The molecule has 0 saturated carbocycles. The van der Waals surface area contributed by atoms with Crippen LogP contribution in [0.3, 0.4) is 0 Å². The van der Waals surface area contributed by atoms with E-state index in [1.807, 2.05) is 24.3 Å². The third-order valence-electron chi connectivity index (χ3n) is 3.20. The minimum Gasteiger partial charge on any atom is -0.494 e. The first-order chi connectivity index (χ1) is 9.61. The van der Waals surface area contributed by atoms with Crippen molar-refractivity contribution in [1.29, 1.82) is 0 Å². The first-order valence-electron chi connectivity index (χ1n) is 6.66. The minimum absolute atomic E-state index is 0.185. The van der Waals surface area contributed by atoms with Crippen LogP contribution in [0.25, 0.3) is 0 Å². The molecule has 0 amide bonds. The largest absolute Gasteiger partial charge is 0.494 e. The second-order valence-corrected chi connectivity index (χ2v) is 4.95. The van der Waals surface area contributed by atoms with Gasteiger partial charge >= 0.3 is 0 Å². The standard InChI is InChI=1S/C17H19FO2/c1-12(2)13-7-9-15(10-8-13)20-11-14-5-4-6-16(19-3)17(14)18/h4-10,12H,11H2,1-3H3. The fourth-order valence-corrected chi connectivity index (χ4v) is 1.94. The summed E-state index contributed by atoms with van der Waals surface area (Å²) < 4.78 is 24.5. The average Bonchev–Trinajstić information content (AvgIpc) is 2.46. The van der Waals surface area contributed by atoms with Gasteiger partial charge in [0, 0.05) is 5.56 Å². The van der Waals surface area contributed by atoms with Gasteiger partial charge in [0.25, 0.3) is 0 Å². The summed E-state index contributed by atoms with van der Waals surface area (Å²) in [5.74, 6) is 1.09. The van der Waals surface area contributed by atoms with Crippen molar-refractivity contribution < 1.29 is 13.9 Å². The quantitative estimate of drug-likeness (QED) is 0.797. The average molecular weight is 274 g/mol. The van der Waals surface area contributed by atoms with Gasteiger partial charge in [-0.1, -0.05) is 38.1 Å². The Bertz CT molecular complexity index is 562. The van der Waals surface area contributed by atoms with E-state index in [-0.39, 0.29) is 18.2 Å². The molecule has 2 nitrogen and oxygen atoms in total. The fourth-order valence-electron chi connectivity index (χ4n) is 1.94. The first-order valence-corrected chi connectivity index (χ1v) is 6.66. The molecule has 0 aliphatic rings. The highest BCUT2D eigenvalue weighted by Gasteiger charge is 2.08. The van der Waals surface area contributed by atoms with Crippen molar-refractivity contribution in [3.63, 3.8) is 0 Å². The zero-order valence-electron chi connectivity index (χ0n) is 12.0. The van der Waals surface area contributed by atoms with Crippen molar-refractivity contribution >= 4 is 0 Å². The van der Waals surface area contributed by atoms with Crippen LogP contribution in [0.1, 0.15) is 30.9 Å². The smallest absolute Gasteiger partial charge is 0.171 e. The van der Waals surface area contributed by atoms with Gasteiger partial charge in [-0.2, -0.15) is 0 Å². The normalized spacial score (nSPS) is 10.7. The number of benzene rings is 2. The topological polar surface area (TPSA) is 18.5 Å². The summed E-state index contributed by atoms with van der Waals surface area (Å²) in [6.07, 6.45) is 0. The van der Waals surface area contributed by atoms with E-state index in [1.54, 1.807) is 18.2 Å². The highest BCUT2D eigenvalue weighted by atomic mass is 19.1. The van der Waals surface area contributed by atoms with Gasteiger partial charge in [0.2, 0.25) is 0 Å². The molecule has 20 heavy (non-hydrogen) atoms. The molecule has 2 aromatic carbocycles. The van der Waals surface area contributed by atoms with Gasteiger partial charge in [-0.3, -0.25) is 0 Å². The van der Waals surface area contributed by atoms with Gasteiger partial charge < -0.3 is 9.47 Å². The molecule has 0 aliphatic carbocycles. The number of halogens is 1. The maximum absolute atomic E-state index is 13.9. The Hall–Kier alpha value is -2.03. The highest BCUT2D eigenvalue weighted by molar-refractivity contribution is 5.32. The molecule has 2 aromatic rings. The Morgan fingerprint density at radius 2 is 1.75 bits per heavy atom. The first kappa shape index (κ1) is 14.4. The van der Waals surface area contributed by atoms with Crippen molar-refractivity contribution in [2.45, 2.75) is 26.4 Å². The molecule has 0 radical (unpaired) electrons. The van der Waals surface area contributed by atoms with Gasteiger partial charge in [-0.25, -0.2) is 4.39 Å². The molecule has 0 heterocycles. The van der Waals surface area contributed by atoms with Crippen LogP contribution in [0, 0.1) is 5.82 Å². The summed E-state index contributed by atoms with van der Waals surface area (Å²) in [4.78, 5) is 0. The summed E-state index contributed by atoms with van der Waals surface area (Å²) in [6.45, 7) is 4.47. The number of methoxy groups -OCH3 is 1. The third kappa shape index (κ3) is 3.29. The van der Waals surface area contributed by atoms with Crippen molar-refractivity contribution in [2.75, 3.05) is 7.11 Å². The fraction of sp³-hybridized carbons (Fsp3) is 0.294. The molecule has 0 aliphatic heterocycles. The van der Waals surface area contributed by atoms with E-state index in [4.69, 9.17) is 9.47 Å². The Labute approximate surface area is 119 Å². The summed E-state index contributed by atoms with van der Waals surface area (Å²) >= 11 is 0. The molecule has 0 atom stereocenters. The monoisotopic (exact) mass is 274 g/mol. The van der Waals surface area contributed by atoms with E-state index in [0.717, 1.165) is 5.75 Å². The summed E-state index contributed by atoms with van der Waals surface area (Å²) in [7, 11) is 1.45. The molecule has 0 saturated heterocycles. The molecular weight excluding hydrogens is 255 g/mol. The number of hydrogen-bond donors (Lipinski definition) is 0. The predicted octanol–water partition coefficient (Wildman–Crippen LogP) is 4.54. The lowest BCUT2D eigenvalue weighted by molar-refractivity contribution is 0.295. The van der Waals surface area contributed by atoms with Crippen LogP contribution in [-0.4, -0.2) is 7.11 Å². The molecule has 0 spiro atoms. The number of ether oxygens (including phenoxy) is 2. The van der Waals surface area contributed by atoms with Crippen LogP contribution in [0.4, 0.5) is 4.39 Å². The molecule has 2 rings (SSSR count). The Balaban J connectivity index is 2.05. The van der Waals surface area contributed by atoms with Gasteiger partial charge in [0.1, 0.15) is 12.4 Å². The van der Waals surface area contributed by atoms with Crippen molar-refractivity contribution in [3.8, 4) is 11.5 Å². The van der Waals surface area contributed by atoms with E-state index in [0.29, 0.717) is 11.5 Å². The molecule has 3 heteroatoms. The summed E-state index contributed by atoms with van der Waals surface area (Å²) in [6, 6.07) is 12.9. The van der Waals surface area contributed by atoms with E-state index >= 15 is 0 Å². The highest BCUT2D eigenvalue weighted by Crippen LogP contribution is 2.23. The van der Waals surface area contributed by atoms with E-state index in [9.17, 15) is 4.39 Å². The molecule has 0 N–H and O–H groups in total. The number of rotatable bonds is 5. The summed E-state index contributed by atoms with van der Waals surface area (Å²) in [5.41, 5.74) is 1.74. The molecule has 0 aromatic heterocycles. The van der Waals surface area contributed by atoms with Crippen LogP contribution >= 0.6 is 0 Å². The Kier molecular flexibility index (Phi) is 4.61. The predicted molar refractivity (Wildman–Crippen MR) is 77.8 cm³/mol. The van der Waals surface area contributed by atoms with Gasteiger partial charge in [-0.05, 0) is 29.7 Å². The Morgan fingerprint density at radius 1 is 1.05 bits per heavy atom. The second-order valence-electron chi connectivity index (χ2n) is 4.95. The molecule has 0 bridgehead atoms. The van der Waals surface area contributed by atoms with Gasteiger partial charge in [-0.15, -0.1) is 0 Å². The Morgan fingerprint density at radius 3 is 2.35 bits per heavy atom. The molecule has 0 fully saturated rings. The van der Waals surface area contributed by atoms with E-state index in [2.05, 4.69) is 13.8 Å². The second kappa shape index (κ2) is 6.42. The van der Waals surface area contributed by atoms with Crippen molar-refractivity contribution in [3.05, 3.63) is 59.4 Å². The maximum Gasteiger partial charge on any atom is 0.171 e. The number of hydrogen-bond acceptors (Lipinski definition) is 2. The third-order valence-corrected chi connectivity index (χ3v) is 3.20. The van der Waals surface area contributed by atoms with Crippen LogP contribution < -0.4 is 9.47 Å². The lowest BCUT2D eigenvalue weighted by Crippen LogP contribution is -2.00. The molecular formula is C17H19FO2. The molecule has 0 unspecified atom stereocenters. The van der Waals surface area contributed by atoms with Gasteiger partial charge in [0.15, 0.2) is 11.6 Å². The summed E-state index contributed by atoms with van der Waals surface area (Å²) in [5, 5.41) is 0. The zero-order chi connectivity index (χ0) is 14.5. The van der Waals surface area contributed by atoms with Crippen LogP contribution in [-0.2, 0) is 6.61 Å². The minimum atomic E-state index is -0.367.